The van der Waals surface area contributed by atoms with Crippen molar-refractivity contribution in [2.24, 2.45) is 5.73 Å². The van der Waals surface area contributed by atoms with Gasteiger partial charge in [-0.05, 0) is 30.5 Å². The lowest BCUT2D eigenvalue weighted by molar-refractivity contribution is -0.135. The lowest BCUT2D eigenvalue weighted by Gasteiger charge is -2.27. The fraction of sp³-hybridized carbons (Fsp3) is 0.389. The molecule has 0 aliphatic carbocycles. The molecule has 1 fully saturated rings. The van der Waals surface area contributed by atoms with Gasteiger partial charge in [-0.25, -0.2) is 0 Å². The summed E-state index contributed by atoms with van der Waals surface area (Å²) in [6.07, 6.45) is 3.71. The van der Waals surface area contributed by atoms with Gasteiger partial charge >= 0.3 is 0 Å². The molecule has 0 unspecified atom stereocenters. The van der Waals surface area contributed by atoms with Crippen LogP contribution in [0.4, 0.5) is 0 Å². The molecule has 2 heterocycles. The van der Waals surface area contributed by atoms with Gasteiger partial charge in [0, 0.05) is 13.2 Å². The van der Waals surface area contributed by atoms with Crippen LogP contribution in [-0.2, 0) is 16.1 Å². The van der Waals surface area contributed by atoms with E-state index in [-0.39, 0.29) is 12.0 Å². The van der Waals surface area contributed by atoms with Gasteiger partial charge in [0.05, 0.1) is 18.9 Å². The van der Waals surface area contributed by atoms with E-state index in [1.54, 1.807) is 11.2 Å². The third-order valence-corrected chi connectivity index (χ3v) is 4.11. The Hall–Kier alpha value is -2.11. The van der Waals surface area contributed by atoms with Gasteiger partial charge in [-0.2, -0.15) is 0 Å². The molecule has 1 aromatic carbocycles. The third kappa shape index (κ3) is 4.00. The molecule has 2 aromatic rings. The highest BCUT2D eigenvalue weighted by molar-refractivity contribution is 5.83. The third-order valence-electron chi connectivity index (χ3n) is 4.11. The van der Waals surface area contributed by atoms with Gasteiger partial charge in [0.1, 0.15) is 11.8 Å². The molecular weight excluding hydrogens is 292 g/mol. The molecule has 1 aromatic heterocycles. The summed E-state index contributed by atoms with van der Waals surface area (Å²) in [4.78, 5) is 14.6. The summed E-state index contributed by atoms with van der Waals surface area (Å²) in [5.41, 5.74) is 6.99. The average Bonchev–Trinajstić information content (AvgIpc) is 3.27. The lowest BCUT2D eigenvalue weighted by Crippen LogP contribution is -2.42. The van der Waals surface area contributed by atoms with Crippen molar-refractivity contribution in [3.8, 4) is 0 Å². The molecule has 5 nitrogen and oxygen atoms in total. The second-order valence-electron chi connectivity index (χ2n) is 5.82. The van der Waals surface area contributed by atoms with Gasteiger partial charge < -0.3 is 19.8 Å². The molecule has 2 N–H and O–H groups in total. The molecule has 23 heavy (non-hydrogen) atoms. The molecule has 2 atom stereocenters. The number of nitrogens with two attached hydrogens (primary N) is 1. The summed E-state index contributed by atoms with van der Waals surface area (Å²) in [6.45, 7) is 1.71. The van der Waals surface area contributed by atoms with E-state index in [0.29, 0.717) is 13.1 Å². The van der Waals surface area contributed by atoms with Crippen molar-refractivity contribution in [3.63, 3.8) is 0 Å². The number of nitrogens with zero attached hydrogens (tertiary/aromatic N) is 1. The summed E-state index contributed by atoms with van der Waals surface area (Å²) in [7, 11) is 0. The number of rotatable bonds is 6. The first kappa shape index (κ1) is 15.8. The molecule has 0 spiro atoms. The highest BCUT2D eigenvalue weighted by Gasteiger charge is 2.27. The minimum Gasteiger partial charge on any atom is -0.467 e. The van der Waals surface area contributed by atoms with Crippen LogP contribution in [-0.4, -0.2) is 30.1 Å². The summed E-state index contributed by atoms with van der Waals surface area (Å²) in [5.74, 6) is 0.639. The Morgan fingerprint density at radius 1 is 1.26 bits per heavy atom. The zero-order chi connectivity index (χ0) is 16.1. The maximum Gasteiger partial charge on any atom is 0.244 e. The van der Waals surface area contributed by atoms with Gasteiger partial charge in [0.25, 0.3) is 0 Å². The van der Waals surface area contributed by atoms with Crippen LogP contribution >= 0.6 is 0 Å². The van der Waals surface area contributed by atoms with E-state index in [4.69, 9.17) is 14.9 Å². The normalized spacial score (nSPS) is 18.7. The maximum absolute atomic E-state index is 12.9. The number of furan rings is 1. The topological polar surface area (TPSA) is 68.7 Å². The first-order chi connectivity index (χ1) is 11.2. The Kier molecular flexibility index (Phi) is 5.10. The number of amides is 1. The number of hydrogen-bond acceptors (Lipinski definition) is 4. The van der Waals surface area contributed by atoms with Crippen LogP contribution < -0.4 is 5.73 Å². The van der Waals surface area contributed by atoms with Gasteiger partial charge in [0.15, 0.2) is 0 Å². The molecule has 1 aliphatic heterocycles. The van der Waals surface area contributed by atoms with Gasteiger partial charge in [-0.3, -0.25) is 4.79 Å². The number of carbonyl (C=O) groups excluding carboxylic acids is 1. The first-order valence-electron chi connectivity index (χ1n) is 7.97. The Balaban J connectivity index is 1.74. The summed E-state index contributed by atoms with van der Waals surface area (Å²) >= 11 is 0. The summed E-state index contributed by atoms with van der Waals surface area (Å²) in [6, 6.07) is 12.4. The van der Waals surface area contributed by atoms with Crippen molar-refractivity contribution in [1.82, 2.24) is 4.90 Å². The van der Waals surface area contributed by atoms with E-state index in [9.17, 15) is 4.79 Å². The van der Waals surface area contributed by atoms with E-state index in [1.165, 1.54) is 0 Å². The zero-order valence-electron chi connectivity index (χ0n) is 13.1. The molecule has 122 valence electrons. The quantitative estimate of drug-likeness (QED) is 0.889. The fourth-order valence-corrected chi connectivity index (χ4v) is 2.86. The average molecular weight is 314 g/mol. The molecule has 1 saturated heterocycles. The predicted octanol–water partition coefficient (Wildman–Crippen LogP) is 2.49. The Labute approximate surface area is 136 Å². The van der Waals surface area contributed by atoms with E-state index in [1.807, 2.05) is 42.5 Å². The van der Waals surface area contributed by atoms with Crippen molar-refractivity contribution >= 4 is 5.91 Å². The zero-order valence-corrected chi connectivity index (χ0v) is 13.1. The second-order valence-corrected chi connectivity index (χ2v) is 5.82. The van der Waals surface area contributed by atoms with Crippen molar-refractivity contribution < 1.29 is 13.9 Å². The van der Waals surface area contributed by atoms with Gasteiger partial charge in [-0.15, -0.1) is 0 Å². The highest BCUT2D eigenvalue weighted by atomic mass is 16.5. The summed E-state index contributed by atoms with van der Waals surface area (Å²) < 4.78 is 11.1. The fourth-order valence-electron chi connectivity index (χ4n) is 2.86. The van der Waals surface area contributed by atoms with Gasteiger partial charge in [0.2, 0.25) is 5.91 Å². The summed E-state index contributed by atoms with van der Waals surface area (Å²) in [5, 5.41) is 0. The number of benzene rings is 1. The number of carbonyl (C=O) groups is 1. The van der Waals surface area contributed by atoms with Crippen LogP contribution in [0.25, 0.3) is 0 Å². The largest absolute Gasteiger partial charge is 0.467 e. The molecule has 0 bridgehead atoms. The number of hydrogen-bond donors (Lipinski definition) is 1. The molecule has 1 aliphatic rings. The van der Waals surface area contributed by atoms with Crippen LogP contribution in [0.1, 0.15) is 30.2 Å². The SMILES string of the molecule is N[C@@H](C(=O)N(Cc1ccco1)C[C@@H]1CCCO1)c1ccccc1. The first-order valence-corrected chi connectivity index (χ1v) is 7.97. The van der Waals surface area contributed by atoms with Crippen molar-refractivity contribution in [2.75, 3.05) is 13.2 Å². The van der Waals surface area contributed by atoms with Crippen LogP contribution in [0.5, 0.6) is 0 Å². The molecular formula is C18H22N2O3. The van der Waals surface area contributed by atoms with Gasteiger partial charge in [-0.1, -0.05) is 30.3 Å². The standard InChI is InChI=1S/C18H22N2O3/c19-17(14-6-2-1-3-7-14)18(21)20(12-15-8-4-10-22-15)13-16-9-5-11-23-16/h1-4,6-8,10,16-17H,5,9,11-13,19H2/t16-,17+/m0/s1. The monoisotopic (exact) mass is 314 g/mol. The minimum atomic E-state index is -0.674. The molecule has 3 rings (SSSR count). The van der Waals surface area contributed by atoms with E-state index < -0.39 is 6.04 Å². The number of ether oxygens (including phenoxy) is 1. The maximum atomic E-state index is 12.9. The van der Waals surface area contributed by atoms with Crippen molar-refractivity contribution in [3.05, 3.63) is 60.1 Å². The predicted molar refractivity (Wildman–Crippen MR) is 86.5 cm³/mol. The van der Waals surface area contributed by atoms with Crippen molar-refractivity contribution in [2.45, 2.75) is 31.5 Å². The smallest absolute Gasteiger partial charge is 0.244 e. The highest BCUT2D eigenvalue weighted by Crippen LogP contribution is 2.19. The lowest BCUT2D eigenvalue weighted by atomic mass is 10.1. The Bertz CT molecular complexity index is 606. The van der Waals surface area contributed by atoms with Crippen LogP contribution in [0.2, 0.25) is 0 Å². The molecule has 1 amide bonds. The minimum absolute atomic E-state index is 0.0804. The Morgan fingerprint density at radius 2 is 2.09 bits per heavy atom. The second kappa shape index (κ2) is 7.44. The van der Waals surface area contributed by atoms with E-state index in [2.05, 4.69) is 0 Å². The van der Waals surface area contributed by atoms with E-state index >= 15 is 0 Å². The van der Waals surface area contributed by atoms with E-state index in [0.717, 1.165) is 30.8 Å². The van der Waals surface area contributed by atoms with Crippen LogP contribution in [0.15, 0.2) is 53.1 Å². The molecule has 5 heteroatoms. The van der Waals surface area contributed by atoms with Crippen molar-refractivity contribution in [1.29, 1.82) is 0 Å². The Morgan fingerprint density at radius 3 is 2.74 bits per heavy atom. The molecule has 0 saturated carbocycles. The molecule has 0 radical (unpaired) electrons. The van der Waals surface area contributed by atoms with Crippen LogP contribution in [0.3, 0.4) is 0 Å². The van der Waals surface area contributed by atoms with Crippen LogP contribution in [0, 0.1) is 0 Å².